The molecule has 25 heavy (non-hydrogen) atoms. The Bertz CT molecular complexity index is 643. The predicted octanol–water partition coefficient (Wildman–Crippen LogP) is 2.52. The fraction of sp³-hybridized carbons (Fsp3) is 0.765. The standard InChI is InChI=1S/C17H23F3N4O/c18-17(19,20)13-10-22-14(23-13)11-1-7-24(8-2-11)15(25)12-9-16(12)3-5-21-6-4-16/h10-12,21H,1-9H2,(H,22,23). The molecule has 3 heterocycles. The number of nitrogens with zero attached hydrogens (tertiary/aromatic N) is 2. The summed E-state index contributed by atoms with van der Waals surface area (Å²) in [7, 11) is 0. The summed E-state index contributed by atoms with van der Waals surface area (Å²) in [4.78, 5) is 21.0. The minimum atomic E-state index is -4.39. The van der Waals surface area contributed by atoms with Crippen molar-refractivity contribution in [2.24, 2.45) is 11.3 Å². The number of halogens is 3. The number of aromatic nitrogens is 2. The fourth-order valence-corrected chi connectivity index (χ4v) is 4.46. The number of alkyl halides is 3. The maximum absolute atomic E-state index is 12.7. The molecule has 3 aliphatic rings. The van der Waals surface area contributed by atoms with Crippen molar-refractivity contribution >= 4 is 5.91 Å². The number of hydrogen-bond acceptors (Lipinski definition) is 3. The number of carbonyl (C=O) groups excluding carboxylic acids is 1. The molecule has 1 spiro atoms. The summed E-state index contributed by atoms with van der Waals surface area (Å²) in [6.07, 6.45) is 0.949. The molecule has 8 heteroatoms. The van der Waals surface area contributed by atoms with E-state index in [-0.39, 0.29) is 23.2 Å². The topological polar surface area (TPSA) is 61.0 Å². The van der Waals surface area contributed by atoms with E-state index in [1.165, 1.54) is 0 Å². The van der Waals surface area contributed by atoms with Crippen LogP contribution in [0.1, 0.15) is 49.5 Å². The predicted molar refractivity (Wildman–Crippen MR) is 84.8 cm³/mol. The molecule has 5 nitrogen and oxygen atoms in total. The van der Waals surface area contributed by atoms with Gasteiger partial charge in [0, 0.05) is 24.9 Å². The second-order valence-electron chi connectivity index (χ2n) is 7.65. The van der Waals surface area contributed by atoms with Gasteiger partial charge in [-0.3, -0.25) is 4.79 Å². The van der Waals surface area contributed by atoms with Gasteiger partial charge in [0.1, 0.15) is 11.5 Å². The van der Waals surface area contributed by atoms with Crippen LogP contribution in [0, 0.1) is 11.3 Å². The van der Waals surface area contributed by atoms with Crippen molar-refractivity contribution in [2.75, 3.05) is 26.2 Å². The first-order valence-electron chi connectivity index (χ1n) is 9.01. The van der Waals surface area contributed by atoms with Crippen LogP contribution in [0.4, 0.5) is 13.2 Å². The van der Waals surface area contributed by atoms with Crippen molar-refractivity contribution in [3.63, 3.8) is 0 Å². The second kappa shape index (κ2) is 6.00. The molecule has 1 aromatic heterocycles. The number of amides is 1. The van der Waals surface area contributed by atoms with E-state index in [1.54, 1.807) is 0 Å². The molecule has 1 amide bonds. The molecule has 0 bridgehead atoms. The summed E-state index contributed by atoms with van der Waals surface area (Å²) in [5.74, 6) is 0.759. The van der Waals surface area contributed by atoms with E-state index in [9.17, 15) is 18.0 Å². The normalized spacial score (nSPS) is 26.8. The van der Waals surface area contributed by atoms with E-state index in [4.69, 9.17) is 0 Å². The average molecular weight is 356 g/mol. The largest absolute Gasteiger partial charge is 0.432 e. The van der Waals surface area contributed by atoms with Crippen molar-refractivity contribution in [3.8, 4) is 0 Å². The van der Waals surface area contributed by atoms with Crippen molar-refractivity contribution < 1.29 is 18.0 Å². The Hall–Kier alpha value is -1.57. The molecular formula is C17H23F3N4O. The lowest BCUT2D eigenvalue weighted by Crippen LogP contribution is -2.41. The van der Waals surface area contributed by atoms with Gasteiger partial charge in [0.2, 0.25) is 5.91 Å². The Morgan fingerprint density at radius 3 is 2.52 bits per heavy atom. The maximum atomic E-state index is 12.7. The van der Waals surface area contributed by atoms with Crippen LogP contribution in [0.3, 0.4) is 0 Å². The minimum Gasteiger partial charge on any atom is -0.342 e. The lowest BCUT2D eigenvalue weighted by atomic mass is 9.91. The van der Waals surface area contributed by atoms with Crippen LogP contribution in [0.5, 0.6) is 0 Å². The zero-order valence-electron chi connectivity index (χ0n) is 14.0. The summed E-state index contributed by atoms with van der Waals surface area (Å²) >= 11 is 0. The van der Waals surface area contributed by atoms with Crippen LogP contribution in [0.2, 0.25) is 0 Å². The highest BCUT2D eigenvalue weighted by molar-refractivity contribution is 5.82. The molecule has 138 valence electrons. The zero-order chi connectivity index (χ0) is 17.7. The van der Waals surface area contributed by atoms with Crippen LogP contribution in [-0.4, -0.2) is 47.0 Å². The molecule has 2 N–H and O–H groups in total. The summed E-state index contributed by atoms with van der Waals surface area (Å²) in [5.41, 5.74) is -0.575. The lowest BCUT2D eigenvalue weighted by Gasteiger charge is -2.32. The number of rotatable bonds is 2. The number of piperidine rings is 2. The Balaban J connectivity index is 1.33. The second-order valence-corrected chi connectivity index (χ2v) is 7.65. The van der Waals surface area contributed by atoms with Gasteiger partial charge < -0.3 is 15.2 Å². The van der Waals surface area contributed by atoms with Crippen molar-refractivity contribution in [2.45, 2.75) is 44.2 Å². The molecule has 1 unspecified atom stereocenters. The van der Waals surface area contributed by atoms with Gasteiger partial charge in [-0.15, -0.1) is 0 Å². The number of carbonyl (C=O) groups is 1. The number of H-pyrrole nitrogens is 1. The highest BCUT2D eigenvalue weighted by Crippen LogP contribution is 2.59. The van der Waals surface area contributed by atoms with Crippen LogP contribution in [0.15, 0.2) is 6.20 Å². The summed E-state index contributed by atoms with van der Waals surface area (Å²) in [6.45, 7) is 3.20. The lowest BCUT2D eigenvalue weighted by molar-refractivity contribution is -0.141. The Morgan fingerprint density at radius 1 is 1.24 bits per heavy atom. The van der Waals surface area contributed by atoms with Crippen LogP contribution in [-0.2, 0) is 11.0 Å². The third-order valence-electron chi connectivity index (χ3n) is 6.18. The summed E-state index contributed by atoms with van der Waals surface area (Å²) < 4.78 is 38.0. The Kier molecular flexibility index (Phi) is 4.05. The monoisotopic (exact) mass is 356 g/mol. The molecule has 1 aliphatic carbocycles. The van der Waals surface area contributed by atoms with Gasteiger partial charge in [0.25, 0.3) is 0 Å². The van der Waals surface area contributed by atoms with Gasteiger partial charge in [-0.05, 0) is 50.6 Å². The molecule has 2 saturated heterocycles. The Labute approximate surface area is 144 Å². The number of likely N-dealkylation sites (tertiary alicyclic amines) is 1. The zero-order valence-corrected chi connectivity index (χ0v) is 14.0. The van der Waals surface area contributed by atoms with Gasteiger partial charge in [-0.1, -0.05) is 0 Å². The number of imidazole rings is 1. The quantitative estimate of drug-likeness (QED) is 0.856. The van der Waals surface area contributed by atoms with Crippen molar-refractivity contribution in [1.29, 1.82) is 0 Å². The van der Waals surface area contributed by atoms with Gasteiger partial charge >= 0.3 is 6.18 Å². The first-order valence-corrected chi connectivity index (χ1v) is 9.01. The van der Waals surface area contributed by atoms with Crippen LogP contribution < -0.4 is 5.32 Å². The van der Waals surface area contributed by atoms with Gasteiger partial charge in [-0.25, -0.2) is 4.98 Å². The first-order chi connectivity index (χ1) is 11.9. The average Bonchev–Trinajstić information content (AvgIpc) is 3.06. The molecular weight excluding hydrogens is 333 g/mol. The molecule has 0 radical (unpaired) electrons. The SMILES string of the molecule is O=C(C1CC12CCNCC2)N1CCC(c2ncc(C(F)(F)F)[nH]2)CC1. The molecule has 1 saturated carbocycles. The number of aromatic amines is 1. The molecule has 1 aromatic rings. The molecule has 3 fully saturated rings. The smallest absolute Gasteiger partial charge is 0.342 e. The van der Waals surface area contributed by atoms with Crippen LogP contribution >= 0.6 is 0 Å². The molecule has 2 aliphatic heterocycles. The van der Waals surface area contributed by atoms with E-state index >= 15 is 0 Å². The summed E-state index contributed by atoms with van der Waals surface area (Å²) in [6, 6.07) is 0. The van der Waals surface area contributed by atoms with E-state index < -0.39 is 11.9 Å². The van der Waals surface area contributed by atoms with E-state index in [0.29, 0.717) is 31.8 Å². The van der Waals surface area contributed by atoms with Gasteiger partial charge in [0.15, 0.2) is 0 Å². The van der Waals surface area contributed by atoms with Gasteiger partial charge in [-0.2, -0.15) is 13.2 Å². The Morgan fingerprint density at radius 2 is 1.92 bits per heavy atom. The number of nitrogens with one attached hydrogen (secondary N) is 2. The van der Waals surface area contributed by atoms with Crippen molar-refractivity contribution in [1.82, 2.24) is 20.2 Å². The first kappa shape index (κ1) is 16.9. The maximum Gasteiger partial charge on any atom is 0.432 e. The number of hydrogen-bond donors (Lipinski definition) is 2. The third kappa shape index (κ3) is 3.16. The van der Waals surface area contributed by atoms with E-state index in [1.807, 2.05) is 4.90 Å². The molecule has 4 rings (SSSR count). The minimum absolute atomic E-state index is 0.0350. The summed E-state index contributed by atoms with van der Waals surface area (Å²) in [5, 5.41) is 3.34. The van der Waals surface area contributed by atoms with Crippen LogP contribution in [0.25, 0.3) is 0 Å². The molecule has 0 aromatic carbocycles. The highest BCUT2D eigenvalue weighted by Gasteiger charge is 2.58. The fourth-order valence-electron chi connectivity index (χ4n) is 4.46. The highest BCUT2D eigenvalue weighted by atomic mass is 19.4. The third-order valence-corrected chi connectivity index (χ3v) is 6.18. The van der Waals surface area contributed by atoms with E-state index in [0.717, 1.165) is 38.5 Å². The molecule has 1 atom stereocenters. The van der Waals surface area contributed by atoms with Crippen molar-refractivity contribution in [3.05, 3.63) is 17.7 Å². The van der Waals surface area contributed by atoms with Gasteiger partial charge in [0.05, 0.1) is 6.20 Å². The van der Waals surface area contributed by atoms with E-state index in [2.05, 4.69) is 15.3 Å².